The second-order valence-electron chi connectivity index (χ2n) is 8.92. The van der Waals surface area contributed by atoms with Crippen molar-refractivity contribution < 1.29 is 39.2 Å². The third-order valence-corrected chi connectivity index (χ3v) is 6.26. The van der Waals surface area contributed by atoms with Gasteiger partial charge in [-0.25, -0.2) is 0 Å². The van der Waals surface area contributed by atoms with Crippen LogP contribution in [0.5, 0.6) is 5.75 Å². The van der Waals surface area contributed by atoms with Crippen molar-refractivity contribution in [3.05, 3.63) is 103 Å². The van der Waals surface area contributed by atoms with E-state index in [1.54, 1.807) is 6.26 Å². The Morgan fingerprint density at radius 1 is 0.974 bits per heavy atom. The molecule has 6 heteroatoms. The Kier molecular flexibility index (Phi) is 6.85. The van der Waals surface area contributed by atoms with E-state index in [9.17, 15) is 4.79 Å². The van der Waals surface area contributed by atoms with Crippen molar-refractivity contribution in [1.29, 1.82) is 0 Å². The number of ketones is 1. The van der Waals surface area contributed by atoms with Gasteiger partial charge >= 0.3 is 0 Å². The first-order valence-corrected chi connectivity index (χ1v) is 11.9. The first-order chi connectivity index (χ1) is 18.0. The van der Waals surface area contributed by atoms with Gasteiger partial charge in [0.2, 0.25) is 0 Å². The number of pyridine rings is 1. The number of rotatable bonds is 2. The van der Waals surface area contributed by atoms with Crippen LogP contribution in [-0.4, -0.2) is 15.9 Å². The molecule has 1 aliphatic heterocycles. The summed E-state index contributed by atoms with van der Waals surface area (Å²) in [5.41, 5.74) is 5.44. The Labute approximate surface area is 232 Å². The maximum atomic E-state index is 10.0. The summed E-state index contributed by atoms with van der Waals surface area (Å²) in [6, 6.07) is 27.9. The fraction of sp³-hybridized carbons (Fsp3) is 0.0625. The van der Waals surface area contributed by atoms with Crippen LogP contribution in [0.3, 0.4) is 0 Å². The molecule has 0 spiro atoms. The van der Waals surface area contributed by atoms with Crippen molar-refractivity contribution in [1.82, 2.24) is 4.98 Å². The molecule has 1 N–H and O–H groups in total. The largest absolute Gasteiger partial charge is 0.512 e. The number of furan rings is 1. The minimum Gasteiger partial charge on any atom is -0.512 e. The third kappa shape index (κ3) is 4.49. The molecule has 7 rings (SSSR count). The molecule has 38 heavy (non-hydrogen) atoms. The van der Waals surface area contributed by atoms with Crippen molar-refractivity contribution in [2.24, 2.45) is 0 Å². The summed E-state index contributed by atoms with van der Waals surface area (Å²) < 4.78 is 12.2. The molecule has 2 aromatic heterocycles. The molecule has 1 aliphatic rings. The third-order valence-electron chi connectivity index (χ3n) is 6.26. The molecule has 5 nitrogen and oxygen atoms in total. The Hall–Kier alpha value is -4.25. The molecule has 4 aromatic carbocycles. The molecule has 3 heterocycles. The van der Waals surface area contributed by atoms with E-state index in [1.807, 2.05) is 42.5 Å². The summed E-state index contributed by atoms with van der Waals surface area (Å²) in [5.74, 6) is 0.761. The SMILES string of the molecule is CC(=O)/C=C(/C)O.[Ir].[c-]1ccc2c(oc3cc4c5c(cccc5c32)C=CO4)c1-c1ccc2ccccc2n1. The van der Waals surface area contributed by atoms with Gasteiger partial charge in [0.05, 0.1) is 23.1 Å². The summed E-state index contributed by atoms with van der Waals surface area (Å²) in [6.45, 7) is 2.85. The zero-order chi connectivity index (χ0) is 25.5. The van der Waals surface area contributed by atoms with E-state index in [4.69, 9.17) is 19.2 Å². The number of benzene rings is 4. The molecule has 189 valence electrons. The zero-order valence-corrected chi connectivity index (χ0v) is 23.0. The molecule has 6 aromatic rings. The van der Waals surface area contributed by atoms with E-state index in [2.05, 4.69) is 42.5 Å². The maximum Gasteiger partial charge on any atom is 0.155 e. The van der Waals surface area contributed by atoms with Crippen molar-refractivity contribution in [3.8, 4) is 17.0 Å². The molecule has 0 saturated heterocycles. The van der Waals surface area contributed by atoms with E-state index >= 15 is 0 Å². The number of hydrogen-bond acceptors (Lipinski definition) is 5. The normalized spacial score (nSPS) is 12.2. The van der Waals surface area contributed by atoms with Gasteiger partial charge in [-0.15, -0.1) is 18.2 Å². The minimum atomic E-state index is -0.125. The second-order valence-corrected chi connectivity index (χ2v) is 8.92. The predicted octanol–water partition coefficient (Wildman–Crippen LogP) is 8.15. The molecule has 0 fully saturated rings. The number of nitrogens with zero attached hydrogens (tertiary/aromatic N) is 1. The van der Waals surface area contributed by atoms with Gasteiger partial charge in [-0.05, 0) is 48.0 Å². The Bertz CT molecular complexity index is 1910. The molecule has 0 amide bonds. The number of carbonyl (C=O) groups excluding carboxylic acids is 1. The van der Waals surface area contributed by atoms with Crippen LogP contribution in [0.1, 0.15) is 19.4 Å². The van der Waals surface area contributed by atoms with Crippen LogP contribution in [0.4, 0.5) is 0 Å². The molecular weight excluding hydrogens is 655 g/mol. The van der Waals surface area contributed by atoms with Crippen LogP contribution in [0, 0.1) is 6.07 Å². The molecule has 0 bridgehead atoms. The van der Waals surface area contributed by atoms with Gasteiger partial charge in [0.1, 0.15) is 11.3 Å². The molecule has 0 saturated carbocycles. The summed E-state index contributed by atoms with van der Waals surface area (Å²) in [5, 5.41) is 13.9. The first kappa shape index (κ1) is 25.4. The average molecular weight is 677 g/mol. The van der Waals surface area contributed by atoms with E-state index < -0.39 is 0 Å². The van der Waals surface area contributed by atoms with Gasteiger partial charge in [-0.1, -0.05) is 59.5 Å². The standard InChI is InChI=1S/C27H14NO2.C5H8O2.Ir/c1-2-10-21-16(5-1)11-12-22(28-21)18-7-4-9-20-26-19-8-3-6-17-13-14-29-23(25(17)19)15-24(26)30-27(18)20;1-4(6)3-5(2)7;/h1-6,8-15H;3,6H,1-2H3;/q-1;;/b;4-3-;. The summed E-state index contributed by atoms with van der Waals surface area (Å²) >= 11 is 0. The summed E-state index contributed by atoms with van der Waals surface area (Å²) in [4.78, 5) is 14.9. The van der Waals surface area contributed by atoms with Gasteiger partial charge in [-0.2, -0.15) is 0 Å². The van der Waals surface area contributed by atoms with Crippen LogP contribution in [0.2, 0.25) is 0 Å². The second kappa shape index (κ2) is 10.3. The molecule has 0 atom stereocenters. The van der Waals surface area contributed by atoms with E-state index in [0.29, 0.717) is 0 Å². The number of hydrogen-bond donors (Lipinski definition) is 1. The topological polar surface area (TPSA) is 72.6 Å². The Morgan fingerprint density at radius 3 is 2.61 bits per heavy atom. The fourth-order valence-electron chi connectivity index (χ4n) is 4.81. The predicted molar refractivity (Wildman–Crippen MR) is 148 cm³/mol. The average Bonchev–Trinajstić information content (AvgIpc) is 3.27. The van der Waals surface area contributed by atoms with Gasteiger partial charge in [0, 0.05) is 43.0 Å². The van der Waals surface area contributed by atoms with E-state index in [1.165, 1.54) is 19.9 Å². The number of ether oxygens (including phenoxy) is 1. The van der Waals surface area contributed by atoms with Gasteiger partial charge in [-0.3, -0.25) is 9.78 Å². The number of fused-ring (bicyclic) bond motifs is 5. The van der Waals surface area contributed by atoms with Crippen molar-refractivity contribution >= 4 is 55.5 Å². The molecular formula is C32H22IrNO4-. The zero-order valence-electron chi connectivity index (χ0n) is 20.6. The number of aromatic nitrogens is 1. The molecule has 1 radical (unpaired) electrons. The number of allylic oxidation sites excluding steroid dienone is 2. The van der Waals surface area contributed by atoms with E-state index in [0.717, 1.165) is 66.2 Å². The van der Waals surface area contributed by atoms with Crippen molar-refractivity contribution in [3.63, 3.8) is 0 Å². The molecule has 0 unspecified atom stereocenters. The van der Waals surface area contributed by atoms with Gasteiger partial charge in [0.15, 0.2) is 5.78 Å². The smallest absolute Gasteiger partial charge is 0.155 e. The Morgan fingerprint density at radius 2 is 1.82 bits per heavy atom. The number of aliphatic hydroxyl groups is 1. The summed E-state index contributed by atoms with van der Waals surface area (Å²) in [6.07, 6.45) is 4.89. The van der Waals surface area contributed by atoms with Gasteiger partial charge < -0.3 is 14.3 Å². The number of carbonyl (C=O) groups is 1. The monoisotopic (exact) mass is 677 g/mol. The number of aliphatic hydroxyl groups excluding tert-OH is 1. The van der Waals surface area contributed by atoms with Crippen LogP contribution in [0.25, 0.3) is 60.9 Å². The van der Waals surface area contributed by atoms with Crippen LogP contribution < -0.4 is 4.74 Å². The number of para-hydroxylation sites is 1. The van der Waals surface area contributed by atoms with Crippen LogP contribution >= 0.6 is 0 Å². The fourth-order valence-corrected chi connectivity index (χ4v) is 4.81. The quantitative estimate of drug-likeness (QED) is 0.114. The minimum absolute atomic E-state index is 0. The van der Waals surface area contributed by atoms with Crippen LogP contribution in [0.15, 0.2) is 95.3 Å². The maximum absolute atomic E-state index is 10.0. The summed E-state index contributed by atoms with van der Waals surface area (Å²) in [7, 11) is 0. The van der Waals surface area contributed by atoms with Crippen molar-refractivity contribution in [2.75, 3.05) is 0 Å². The van der Waals surface area contributed by atoms with E-state index in [-0.39, 0.29) is 31.6 Å². The molecule has 0 aliphatic carbocycles. The van der Waals surface area contributed by atoms with Gasteiger partial charge in [0.25, 0.3) is 0 Å². The first-order valence-electron chi connectivity index (χ1n) is 11.9. The van der Waals surface area contributed by atoms with Crippen molar-refractivity contribution in [2.45, 2.75) is 13.8 Å². The van der Waals surface area contributed by atoms with Crippen LogP contribution in [-0.2, 0) is 24.9 Å². The Balaban J connectivity index is 0.000000329.